The second-order valence-electron chi connectivity index (χ2n) is 8.32. The van der Waals surface area contributed by atoms with E-state index in [0.717, 1.165) is 23.3 Å². The van der Waals surface area contributed by atoms with Crippen LogP contribution in [0.15, 0.2) is 48.7 Å². The van der Waals surface area contributed by atoms with Gasteiger partial charge >= 0.3 is 0 Å². The molecule has 0 spiro atoms. The molecule has 35 heavy (non-hydrogen) atoms. The van der Waals surface area contributed by atoms with Crippen LogP contribution < -0.4 is 16.4 Å². The van der Waals surface area contributed by atoms with Crippen LogP contribution in [0.1, 0.15) is 27.6 Å². The molecule has 0 radical (unpaired) electrons. The maximum absolute atomic E-state index is 13.4. The highest BCUT2D eigenvalue weighted by Crippen LogP contribution is 2.29. The number of nitrogen functional groups attached to an aromatic ring is 1. The maximum atomic E-state index is 13.4. The average molecular weight is 482 g/mol. The highest BCUT2D eigenvalue weighted by atomic mass is 19.1. The van der Waals surface area contributed by atoms with Gasteiger partial charge in [0.2, 0.25) is 0 Å². The van der Waals surface area contributed by atoms with Gasteiger partial charge in [-0.05, 0) is 53.9 Å². The van der Waals surface area contributed by atoms with Crippen molar-refractivity contribution in [1.82, 2.24) is 15.2 Å². The molecule has 2 heterocycles. The molecule has 1 saturated heterocycles. The number of aliphatic hydroxyl groups excluding tert-OH is 1. The van der Waals surface area contributed by atoms with Crippen LogP contribution in [0.4, 0.5) is 20.3 Å². The summed E-state index contributed by atoms with van der Waals surface area (Å²) in [6.45, 7) is 4.42. The molecule has 0 aliphatic carbocycles. The van der Waals surface area contributed by atoms with Crippen LogP contribution in [0.25, 0.3) is 11.1 Å². The third kappa shape index (κ3) is 5.44. The third-order valence-corrected chi connectivity index (χ3v) is 5.81. The standard InChI is InChI=1S/C25H25F2N5O3/c1-14-8-19(31-24(34)22(33)15-9-17(26)12-18(27)10-15)2-3-20(14)16-11-21(23(28)30-13-16)25(35)32-6-4-29-5-7-32/h2-3,8-13,22,29,33H,4-7H2,1H3,(H2,28,30)(H,31,34). The van der Waals surface area contributed by atoms with Gasteiger partial charge in [-0.3, -0.25) is 9.59 Å². The van der Waals surface area contributed by atoms with Crippen molar-refractivity contribution in [2.75, 3.05) is 37.2 Å². The monoisotopic (exact) mass is 481 g/mol. The third-order valence-electron chi connectivity index (χ3n) is 5.81. The molecular formula is C25H25F2N5O3. The molecule has 10 heteroatoms. The summed E-state index contributed by atoms with van der Waals surface area (Å²) >= 11 is 0. The quantitative estimate of drug-likeness (QED) is 0.445. The molecule has 1 unspecified atom stereocenters. The molecule has 1 aliphatic heterocycles. The first-order valence-corrected chi connectivity index (χ1v) is 11.0. The number of hydrogen-bond acceptors (Lipinski definition) is 6. The van der Waals surface area contributed by atoms with E-state index < -0.39 is 23.6 Å². The van der Waals surface area contributed by atoms with Crippen LogP contribution in [-0.4, -0.2) is 53.0 Å². The lowest BCUT2D eigenvalue weighted by atomic mass is 9.99. The predicted octanol–water partition coefficient (Wildman–Crippen LogP) is 2.63. The van der Waals surface area contributed by atoms with E-state index in [4.69, 9.17) is 5.73 Å². The van der Waals surface area contributed by atoms with E-state index in [2.05, 4.69) is 15.6 Å². The number of piperazine rings is 1. The van der Waals surface area contributed by atoms with Gasteiger partial charge < -0.3 is 26.4 Å². The number of nitrogens with one attached hydrogen (secondary N) is 2. The molecule has 2 aromatic carbocycles. The summed E-state index contributed by atoms with van der Waals surface area (Å²) in [4.78, 5) is 31.3. The van der Waals surface area contributed by atoms with E-state index in [1.54, 1.807) is 35.4 Å². The van der Waals surface area contributed by atoms with Crippen LogP contribution >= 0.6 is 0 Å². The lowest BCUT2D eigenvalue weighted by Gasteiger charge is -2.27. The number of benzene rings is 2. The summed E-state index contributed by atoms with van der Waals surface area (Å²) in [5.41, 5.74) is 8.73. The SMILES string of the molecule is Cc1cc(NC(=O)C(O)c2cc(F)cc(F)c2)ccc1-c1cnc(N)c(C(=O)N2CCNCC2)c1. The Balaban J connectivity index is 1.53. The number of anilines is 2. The Labute approximate surface area is 200 Å². The van der Waals surface area contributed by atoms with Crippen molar-refractivity contribution < 1.29 is 23.5 Å². The Morgan fingerprint density at radius 2 is 1.80 bits per heavy atom. The minimum atomic E-state index is -1.75. The number of rotatable bonds is 5. The van der Waals surface area contributed by atoms with E-state index in [1.807, 2.05) is 6.92 Å². The molecule has 0 saturated carbocycles. The fraction of sp³-hybridized carbons (Fsp3) is 0.240. The zero-order valence-corrected chi connectivity index (χ0v) is 19.0. The van der Waals surface area contributed by atoms with Gasteiger partial charge in [-0.1, -0.05) is 6.07 Å². The Kier molecular flexibility index (Phi) is 7.04. The minimum absolute atomic E-state index is 0.154. The Bertz CT molecular complexity index is 1260. The largest absolute Gasteiger partial charge is 0.383 e. The fourth-order valence-corrected chi connectivity index (χ4v) is 3.99. The number of nitrogens with two attached hydrogens (primary N) is 1. The number of aromatic nitrogens is 1. The summed E-state index contributed by atoms with van der Waals surface area (Å²) in [7, 11) is 0. The first-order valence-electron chi connectivity index (χ1n) is 11.0. The molecular weight excluding hydrogens is 456 g/mol. The van der Waals surface area contributed by atoms with Gasteiger partial charge in [0.25, 0.3) is 11.8 Å². The van der Waals surface area contributed by atoms with Gasteiger partial charge in [0, 0.05) is 49.7 Å². The van der Waals surface area contributed by atoms with Crippen LogP contribution in [0.2, 0.25) is 0 Å². The first kappa shape index (κ1) is 24.2. The van der Waals surface area contributed by atoms with Crippen LogP contribution in [0.3, 0.4) is 0 Å². The van der Waals surface area contributed by atoms with Gasteiger partial charge in [-0.15, -0.1) is 0 Å². The number of aryl methyl sites for hydroxylation is 1. The number of nitrogens with zero attached hydrogens (tertiary/aromatic N) is 2. The van der Waals surface area contributed by atoms with Crippen molar-refractivity contribution in [1.29, 1.82) is 0 Å². The summed E-state index contributed by atoms with van der Waals surface area (Å²) in [6, 6.07) is 9.20. The molecule has 3 aromatic rings. The molecule has 5 N–H and O–H groups in total. The maximum Gasteiger partial charge on any atom is 0.257 e. The molecule has 1 aromatic heterocycles. The van der Waals surface area contributed by atoms with Crippen molar-refractivity contribution in [3.63, 3.8) is 0 Å². The molecule has 1 fully saturated rings. The van der Waals surface area contributed by atoms with Crippen molar-refractivity contribution in [3.8, 4) is 11.1 Å². The van der Waals surface area contributed by atoms with Crippen molar-refractivity contribution >= 4 is 23.3 Å². The second kappa shape index (κ2) is 10.2. The van der Waals surface area contributed by atoms with Gasteiger partial charge in [0.15, 0.2) is 6.10 Å². The van der Waals surface area contributed by atoms with Gasteiger partial charge in [-0.2, -0.15) is 0 Å². The molecule has 1 atom stereocenters. The zero-order chi connectivity index (χ0) is 25.1. The fourth-order valence-electron chi connectivity index (χ4n) is 3.99. The molecule has 8 nitrogen and oxygen atoms in total. The smallest absolute Gasteiger partial charge is 0.257 e. The minimum Gasteiger partial charge on any atom is -0.383 e. The number of hydrogen-bond donors (Lipinski definition) is 4. The average Bonchev–Trinajstić information content (AvgIpc) is 2.83. The zero-order valence-electron chi connectivity index (χ0n) is 19.0. The van der Waals surface area contributed by atoms with Crippen molar-refractivity contribution in [2.24, 2.45) is 0 Å². The van der Waals surface area contributed by atoms with Crippen LogP contribution in [0, 0.1) is 18.6 Å². The van der Waals surface area contributed by atoms with E-state index in [-0.39, 0.29) is 17.3 Å². The van der Waals surface area contributed by atoms with Crippen molar-refractivity contribution in [2.45, 2.75) is 13.0 Å². The first-order chi connectivity index (χ1) is 16.7. The number of amides is 2. The normalized spacial score (nSPS) is 14.5. The summed E-state index contributed by atoms with van der Waals surface area (Å²) < 4.78 is 26.8. The lowest BCUT2D eigenvalue weighted by molar-refractivity contribution is -0.124. The number of halogens is 2. The number of aliphatic hydroxyl groups is 1. The predicted molar refractivity (Wildman–Crippen MR) is 128 cm³/mol. The van der Waals surface area contributed by atoms with Gasteiger partial charge in [0.1, 0.15) is 17.5 Å². The Morgan fingerprint density at radius 3 is 2.46 bits per heavy atom. The van der Waals surface area contributed by atoms with Crippen LogP contribution in [-0.2, 0) is 4.79 Å². The molecule has 4 rings (SSSR count). The molecule has 0 bridgehead atoms. The van der Waals surface area contributed by atoms with Gasteiger partial charge in [0.05, 0.1) is 5.56 Å². The number of carbonyl (C=O) groups is 2. The molecule has 2 amide bonds. The summed E-state index contributed by atoms with van der Waals surface area (Å²) in [5, 5.41) is 16.0. The lowest BCUT2D eigenvalue weighted by Crippen LogP contribution is -2.46. The van der Waals surface area contributed by atoms with E-state index in [0.29, 0.717) is 49.1 Å². The van der Waals surface area contributed by atoms with Crippen molar-refractivity contribution in [3.05, 3.63) is 77.0 Å². The topological polar surface area (TPSA) is 121 Å². The summed E-state index contributed by atoms with van der Waals surface area (Å²) in [5.74, 6) is -2.64. The highest BCUT2D eigenvalue weighted by Gasteiger charge is 2.22. The van der Waals surface area contributed by atoms with Gasteiger partial charge in [-0.25, -0.2) is 13.8 Å². The second-order valence-corrected chi connectivity index (χ2v) is 8.32. The number of carbonyl (C=O) groups excluding carboxylic acids is 2. The summed E-state index contributed by atoms with van der Waals surface area (Å²) in [6.07, 6.45) is -0.174. The molecule has 182 valence electrons. The van der Waals surface area contributed by atoms with E-state index >= 15 is 0 Å². The van der Waals surface area contributed by atoms with E-state index in [1.165, 1.54) is 0 Å². The van der Waals surface area contributed by atoms with Crippen LogP contribution in [0.5, 0.6) is 0 Å². The highest BCUT2D eigenvalue weighted by molar-refractivity contribution is 6.00. The Hall–Kier alpha value is -3.89. The molecule has 1 aliphatic rings. The Morgan fingerprint density at radius 1 is 1.11 bits per heavy atom. The number of pyridine rings is 1. The van der Waals surface area contributed by atoms with E-state index in [9.17, 15) is 23.5 Å².